The maximum atomic E-state index is 13.1. The van der Waals surface area contributed by atoms with Gasteiger partial charge in [-0.3, -0.25) is 9.69 Å². The molecule has 1 heterocycles. The number of benzene rings is 2. The van der Waals surface area contributed by atoms with Crippen molar-refractivity contribution in [1.29, 1.82) is 0 Å². The van der Waals surface area contributed by atoms with Gasteiger partial charge in [0.25, 0.3) is 0 Å². The summed E-state index contributed by atoms with van der Waals surface area (Å²) in [5.41, 5.74) is 7.62. The molecule has 1 fully saturated rings. The number of hydrogen-bond acceptors (Lipinski definition) is 3. The van der Waals surface area contributed by atoms with Crippen molar-refractivity contribution in [3.8, 4) is 0 Å². The number of likely N-dealkylation sites (tertiary alicyclic amines) is 1. The molecule has 1 saturated heterocycles. The van der Waals surface area contributed by atoms with Gasteiger partial charge in [-0.2, -0.15) is 0 Å². The lowest BCUT2D eigenvalue weighted by Crippen LogP contribution is -2.44. The van der Waals surface area contributed by atoms with E-state index < -0.39 is 0 Å². The number of anilines is 1. The Morgan fingerprint density at radius 2 is 1.80 bits per heavy atom. The summed E-state index contributed by atoms with van der Waals surface area (Å²) in [6.07, 6.45) is 19.8. The summed E-state index contributed by atoms with van der Waals surface area (Å²) in [6, 6.07) is 18.8. The van der Waals surface area contributed by atoms with Gasteiger partial charge in [-0.25, -0.2) is 0 Å². The van der Waals surface area contributed by atoms with Crippen LogP contribution in [0.3, 0.4) is 0 Å². The van der Waals surface area contributed by atoms with Crippen molar-refractivity contribution in [2.45, 2.75) is 51.0 Å². The Hall–Kier alpha value is -3.89. The minimum absolute atomic E-state index is 0.0462. The van der Waals surface area contributed by atoms with E-state index in [1.54, 1.807) is 6.08 Å². The molecule has 2 N–H and O–H groups in total. The summed E-state index contributed by atoms with van der Waals surface area (Å²) >= 11 is 0. The van der Waals surface area contributed by atoms with Crippen LogP contribution in [0.2, 0.25) is 0 Å². The molecule has 0 radical (unpaired) electrons. The maximum absolute atomic E-state index is 13.1. The molecule has 4 rings (SSSR count). The first-order chi connectivity index (χ1) is 20.1. The first-order valence-corrected chi connectivity index (χ1v) is 15.0. The molecule has 1 aliphatic heterocycles. The molecule has 41 heavy (non-hydrogen) atoms. The topological polar surface area (TPSA) is 44.4 Å². The number of rotatable bonds is 12. The van der Waals surface area contributed by atoms with Gasteiger partial charge in [-0.1, -0.05) is 91.6 Å². The van der Waals surface area contributed by atoms with E-state index in [0.717, 1.165) is 63.0 Å². The molecule has 0 saturated carbocycles. The summed E-state index contributed by atoms with van der Waals surface area (Å²) in [4.78, 5) is 15.4. The van der Waals surface area contributed by atoms with Crippen molar-refractivity contribution in [3.05, 3.63) is 138 Å². The number of nitrogens with one attached hydrogen (secondary N) is 2. The Balaban J connectivity index is 1.38. The highest BCUT2D eigenvalue weighted by atomic mass is 16.2. The van der Waals surface area contributed by atoms with E-state index in [-0.39, 0.29) is 11.9 Å². The molecule has 0 aromatic heterocycles. The van der Waals surface area contributed by atoms with Gasteiger partial charge in [0.2, 0.25) is 5.91 Å². The van der Waals surface area contributed by atoms with Gasteiger partial charge in [-0.15, -0.1) is 6.58 Å². The zero-order valence-corrected chi connectivity index (χ0v) is 24.5. The lowest BCUT2D eigenvalue weighted by atomic mass is 9.88. The predicted octanol–water partition coefficient (Wildman–Crippen LogP) is 8.05. The van der Waals surface area contributed by atoms with E-state index in [0.29, 0.717) is 12.5 Å². The summed E-state index contributed by atoms with van der Waals surface area (Å²) in [6.45, 7) is 13.0. The monoisotopic (exact) mass is 547 g/mol. The number of piperidine rings is 1. The lowest BCUT2D eigenvalue weighted by Gasteiger charge is -2.37. The number of allylic oxidation sites excluding steroid dienone is 8. The van der Waals surface area contributed by atoms with Crippen molar-refractivity contribution < 1.29 is 4.79 Å². The number of carbonyl (C=O) groups excluding carboxylic acids is 1. The number of nitrogens with zero attached hydrogens (tertiary/aromatic N) is 1. The number of carbonyl (C=O) groups is 1. The first-order valence-electron chi connectivity index (χ1n) is 15.0. The Morgan fingerprint density at radius 3 is 2.49 bits per heavy atom. The van der Waals surface area contributed by atoms with E-state index in [1.165, 1.54) is 22.3 Å². The normalized spacial score (nSPS) is 17.7. The second kappa shape index (κ2) is 15.8. The van der Waals surface area contributed by atoms with Gasteiger partial charge in [0.05, 0.1) is 0 Å². The predicted molar refractivity (Wildman–Crippen MR) is 174 cm³/mol. The second-order valence-corrected chi connectivity index (χ2v) is 10.8. The summed E-state index contributed by atoms with van der Waals surface area (Å²) < 4.78 is 0. The molecule has 2 aromatic rings. The highest BCUT2D eigenvalue weighted by Gasteiger charge is 2.31. The molecule has 214 valence electrons. The average molecular weight is 548 g/mol. The highest BCUT2D eigenvalue weighted by molar-refractivity contribution is 5.83. The van der Waals surface area contributed by atoms with Crippen LogP contribution in [0, 0.1) is 0 Å². The largest absolute Gasteiger partial charge is 0.381 e. The third kappa shape index (κ3) is 8.31. The lowest BCUT2D eigenvalue weighted by molar-refractivity contribution is -0.127. The van der Waals surface area contributed by atoms with Crippen LogP contribution in [0.1, 0.15) is 62.1 Å². The molecule has 0 spiro atoms. The molecule has 1 amide bonds. The maximum Gasteiger partial charge on any atom is 0.242 e. The van der Waals surface area contributed by atoms with E-state index >= 15 is 0 Å². The third-order valence-electron chi connectivity index (χ3n) is 8.12. The zero-order valence-electron chi connectivity index (χ0n) is 24.5. The van der Waals surface area contributed by atoms with Gasteiger partial charge in [0.15, 0.2) is 0 Å². The minimum atomic E-state index is -0.267. The molecule has 1 unspecified atom stereocenters. The number of amides is 1. The van der Waals surface area contributed by atoms with Crippen molar-refractivity contribution >= 4 is 11.6 Å². The molecule has 2 aromatic carbocycles. The summed E-state index contributed by atoms with van der Waals surface area (Å²) in [5.74, 6) is 0.547. The fraction of sp³-hybridized carbons (Fsp3) is 0.324. The average Bonchev–Trinajstić information content (AvgIpc) is 3.26. The van der Waals surface area contributed by atoms with Crippen LogP contribution >= 0.6 is 0 Å². The van der Waals surface area contributed by atoms with Gasteiger partial charge in [0.1, 0.15) is 6.04 Å². The Bertz CT molecular complexity index is 1280. The second-order valence-electron chi connectivity index (χ2n) is 10.8. The fourth-order valence-corrected chi connectivity index (χ4v) is 5.90. The van der Waals surface area contributed by atoms with Crippen LogP contribution in [0.4, 0.5) is 5.69 Å². The van der Waals surface area contributed by atoms with Crippen LogP contribution in [0.25, 0.3) is 0 Å². The van der Waals surface area contributed by atoms with Crippen LogP contribution in [0.5, 0.6) is 0 Å². The van der Waals surface area contributed by atoms with E-state index in [4.69, 9.17) is 0 Å². The van der Waals surface area contributed by atoms with Crippen molar-refractivity contribution in [1.82, 2.24) is 10.2 Å². The highest BCUT2D eigenvalue weighted by Crippen LogP contribution is 2.33. The van der Waals surface area contributed by atoms with Crippen molar-refractivity contribution in [3.63, 3.8) is 0 Å². The summed E-state index contributed by atoms with van der Waals surface area (Å²) in [5, 5.41) is 6.69. The van der Waals surface area contributed by atoms with Crippen molar-refractivity contribution in [2.24, 2.45) is 0 Å². The van der Waals surface area contributed by atoms with E-state index in [2.05, 4.69) is 95.5 Å². The quantitative estimate of drug-likeness (QED) is 0.209. The van der Waals surface area contributed by atoms with Crippen LogP contribution in [-0.2, 0) is 4.79 Å². The molecular formula is C37H45N3O. The van der Waals surface area contributed by atoms with Crippen molar-refractivity contribution in [2.75, 3.05) is 31.5 Å². The fourth-order valence-electron chi connectivity index (χ4n) is 5.90. The minimum Gasteiger partial charge on any atom is -0.381 e. The molecule has 0 bridgehead atoms. The van der Waals surface area contributed by atoms with Gasteiger partial charge >= 0.3 is 0 Å². The smallest absolute Gasteiger partial charge is 0.242 e. The van der Waals surface area contributed by atoms with Gasteiger partial charge in [-0.05, 0) is 98.0 Å². The van der Waals surface area contributed by atoms with Crippen LogP contribution in [-0.4, -0.2) is 37.0 Å². The zero-order chi connectivity index (χ0) is 28.9. The first kappa shape index (κ1) is 30.1. The molecule has 4 heteroatoms. The van der Waals surface area contributed by atoms with Crippen LogP contribution < -0.4 is 10.6 Å². The molecule has 2 aliphatic rings. The Morgan fingerprint density at radius 1 is 1.05 bits per heavy atom. The third-order valence-corrected chi connectivity index (χ3v) is 8.12. The Kier molecular flexibility index (Phi) is 11.6. The SMILES string of the molecule is C=CCNC(=O)C(c1ccccc1)N1CCC(c2ccc(NCC3=C(/C(C=C)=C/C=C\C)CCC=CC3)cc2)CC1. The summed E-state index contributed by atoms with van der Waals surface area (Å²) in [7, 11) is 0. The Labute approximate surface area is 246 Å². The molecule has 1 aliphatic carbocycles. The van der Waals surface area contributed by atoms with E-state index in [1.807, 2.05) is 31.2 Å². The van der Waals surface area contributed by atoms with Crippen LogP contribution in [0.15, 0.2) is 127 Å². The van der Waals surface area contributed by atoms with E-state index in [9.17, 15) is 4.79 Å². The molecule has 4 nitrogen and oxygen atoms in total. The molecule has 1 atom stereocenters. The standard InChI is InChI=1S/C37H45N3O/c1-4-7-14-29(6-3)35-18-13-9-12-17-33(35)28-39-34-21-19-30(20-22-34)31-23-26-40(27-24-31)36(37(41)38-25-5-2)32-15-10-8-11-16-32/h4-12,14-16,19-22,31,36,39H,2-3,13,17-18,23-28H2,1H3,(H,38,41)/b7-4-,29-14+. The molecular weight excluding hydrogens is 502 g/mol. The number of hydrogen-bond donors (Lipinski definition) is 2. The van der Waals surface area contributed by atoms with Gasteiger partial charge < -0.3 is 10.6 Å². The van der Waals surface area contributed by atoms with Gasteiger partial charge in [0, 0.05) is 18.8 Å².